The number of allylic oxidation sites excluding steroid dienone is 2. The van der Waals surface area contributed by atoms with Gasteiger partial charge in [-0.3, -0.25) is 0 Å². The van der Waals surface area contributed by atoms with Crippen LogP contribution in [0.3, 0.4) is 0 Å². The monoisotopic (exact) mass is 224 g/mol. The zero-order valence-electron chi connectivity index (χ0n) is 9.65. The zero-order valence-corrected chi connectivity index (χ0v) is 9.65. The van der Waals surface area contributed by atoms with Crippen molar-refractivity contribution in [3.8, 4) is 0 Å². The van der Waals surface area contributed by atoms with Crippen molar-refractivity contribution in [1.82, 2.24) is 0 Å². The average Bonchev–Trinajstić information content (AvgIpc) is 2.84. The van der Waals surface area contributed by atoms with E-state index in [4.69, 9.17) is 9.47 Å². The highest BCUT2D eigenvalue weighted by Crippen LogP contribution is 2.57. The van der Waals surface area contributed by atoms with E-state index in [0.29, 0.717) is 13.2 Å². The molecule has 3 aliphatic rings. The number of fused-ring (bicyclic) bond motifs is 1. The smallest absolute Gasteiger partial charge is 0.176 e. The molecule has 1 saturated heterocycles. The Hall–Kier alpha value is -0.380. The Morgan fingerprint density at radius 1 is 1.12 bits per heavy atom. The molecule has 0 unspecified atom stereocenters. The van der Waals surface area contributed by atoms with Crippen LogP contribution in [0.25, 0.3) is 0 Å². The first-order valence-corrected chi connectivity index (χ1v) is 6.40. The van der Waals surface area contributed by atoms with Crippen molar-refractivity contribution in [2.75, 3.05) is 13.2 Å². The van der Waals surface area contributed by atoms with E-state index >= 15 is 0 Å². The highest BCUT2D eigenvalue weighted by atomic mass is 16.7. The molecule has 3 heteroatoms. The molecular weight excluding hydrogens is 204 g/mol. The lowest BCUT2D eigenvalue weighted by Crippen LogP contribution is -2.51. The summed E-state index contributed by atoms with van der Waals surface area (Å²) in [7, 11) is 0. The van der Waals surface area contributed by atoms with Crippen LogP contribution in [-0.2, 0) is 9.47 Å². The average molecular weight is 224 g/mol. The minimum absolute atomic E-state index is 0.184. The van der Waals surface area contributed by atoms with E-state index < -0.39 is 5.79 Å². The van der Waals surface area contributed by atoms with Crippen LogP contribution < -0.4 is 0 Å². The fourth-order valence-corrected chi connectivity index (χ4v) is 3.72. The van der Waals surface area contributed by atoms with Crippen LogP contribution in [0, 0.1) is 5.41 Å². The summed E-state index contributed by atoms with van der Waals surface area (Å²) in [5.41, 5.74) is -0.184. The maximum atomic E-state index is 10.5. The molecule has 1 heterocycles. The van der Waals surface area contributed by atoms with Gasteiger partial charge in [-0.05, 0) is 32.1 Å². The third-order valence-electron chi connectivity index (χ3n) is 4.53. The van der Waals surface area contributed by atoms with Crippen molar-refractivity contribution in [1.29, 1.82) is 0 Å². The van der Waals surface area contributed by atoms with Crippen molar-refractivity contribution in [2.24, 2.45) is 5.41 Å². The molecule has 3 nitrogen and oxygen atoms in total. The fourth-order valence-electron chi connectivity index (χ4n) is 3.72. The molecule has 3 rings (SSSR count). The molecule has 0 aromatic carbocycles. The fraction of sp³-hybridized carbons (Fsp3) is 0.846. The minimum atomic E-state index is -0.485. The largest absolute Gasteiger partial charge is 0.392 e. The van der Waals surface area contributed by atoms with Crippen LogP contribution in [0.2, 0.25) is 0 Å². The summed E-state index contributed by atoms with van der Waals surface area (Å²) >= 11 is 0. The third kappa shape index (κ3) is 1.31. The number of ether oxygens (including phenoxy) is 2. The van der Waals surface area contributed by atoms with Gasteiger partial charge in [0.1, 0.15) is 0 Å². The number of aliphatic hydroxyl groups is 1. The van der Waals surface area contributed by atoms with Crippen LogP contribution in [-0.4, -0.2) is 30.2 Å². The Balaban J connectivity index is 1.96. The maximum absolute atomic E-state index is 10.5. The molecule has 90 valence electrons. The summed E-state index contributed by atoms with van der Waals surface area (Å²) in [6.07, 6.45) is 9.87. The highest BCUT2D eigenvalue weighted by molar-refractivity contribution is 5.10. The Kier molecular flexibility index (Phi) is 2.57. The summed E-state index contributed by atoms with van der Waals surface area (Å²) in [5.74, 6) is -0.485. The van der Waals surface area contributed by atoms with Crippen molar-refractivity contribution in [2.45, 2.75) is 50.4 Å². The molecule has 2 spiro atoms. The van der Waals surface area contributed by atoms with Gasteiger partial charge in [0.2, 0.25) is 0 Å². The predicted molar refractivity (Wildman–Crippen MR) is 59.9 cm³/mol. The van der Waals surface area contributed by atoms with Crippen LogP contribution in [0.15, 0.2) is 12.2 Å². The minimum Gasteiger partial charge on any atom is -0.392 e. The van der Waals surface area contributed by atoms with Gasteiger partial charge in [-0.1, -0.05) is 12.2 Å². The standard InChI is InChI=1S/C13H20O3/c14-11-5-2-1-3-6-12(11)7-4-8-13(12)15-9-10-16-13/h1,3,11,14H,2,4-10H2/t11-,12+/m0/s1. The van der Waals surface area contributed by atoms with Gasteiger partial charge in [0.05, 0.1) is 24.7 Å². The molecule has 0 aromatic heterocycles. The van der Waals surface area contributed by atoms with Gasteiger partial charge in [-0.25, -0.2) is 0 Å². The quantitative estimate of drug-likeness (QED) is 0.640. The number of rotatable bonds is 0. The molecule has 1 aliphatic heterocycles. The molecule has 2 atom stereocenters. The van der Waals surface area contributed by atoms with Crippen LogP contribution in [0.4, 0.5) is 0 Å². The lowest BCUT2D eigenvalue weighted by molar-refractivity contribution is -0.247. The summed E-state index contributed by atoms with van der Waals surface area (Å²) in [4.78, 5) is 0. The normalized spacial score (nSPS) is 41.9. The van der Waals surface area contributed by atoms with Crippen molar-refractivity contribution >= 4 is 0 Å². The molecular formula is C13H20O3. The van der Waals surface area contributed by atoms with Gasteiger partial charge < -0.3 is 14.6 Å². The Morgan fingerprint density at radius 2 is 1.94 bits per heavy atom. The van der Waals surface area contributed by atoms with Gasteiger partial charge in [0.25, 0.3) is 0 Å². The number of hydrogen-bond donors (Lipinski definition) is 1. The first-order valence-electron chi connectivity index (χ1n) is 6.40. The second-order valence-corrected chi connectivity index (χ2v) is 5.23. The third-order valence-corrected chi connectivity index (χ3v) is 4.53. The SMILES string of the molecule is O[C@H]1CCC=CC[C@@]12CCCC21OCCO1. The first-order chi connectivity index (χ1) is 7.79. The summed E-state index contributed by atoms with van der Waals surface area (Å²) in [5, 5.41) is 10.5. The lowest BCUT2D eigenvalue weighted by Gasteiger charge is -2.44. The van der Waals surface area contributed by atoms with Gasteiger partial charge >= 0.3 is 0 Å². The molecule has 16 heavy (non-hydrogen) atoms. The van der Waals surface area contributed by atoms with Crippen LogP contribution in [0.1, 0.15) is 38.5 Å². The van der Waals surface area contributed by atoms with E-state index in [2.05, 4.69) is 12.2 Å². The van der Waals surface area contributed by atoms with E-state index in [1.54, 1.807) is 0 Å². The molecule has 2 aliphatic carbocycles. The maximum Gasteiger partial charge on any atom is 0.176 e. The molecule has 1 saturated carbocycles. The number of hydrogen-bond acceptors (Lipinski definition) is 3. The first kappa shape index (κ1) is 10.8. The summed E-state index contributed by atoms with van der Waals surface area (Å²) in [6, 6.07) is 0. The van der Waals surface area contributed by atoms with Gasteiger partial charge in [0.15, 0.2) is 5.79 Å². The summed E-state index contributed by atoms with van der Waals surface area (Å²) < 4.78 is 11.8. The lowest BCUT2D eigenvalue weighted by atomic mass is 9.73. The van der Waals surface area contributed by atoms with E-state index in [-0.39, 0.29) is 11.5 Å². The molecule has 1 N–H and O–H groups in total. The number of aliphatic hydroxyl groups excluding tert-OH is 1. The zero-order chi connectivity index (χ0) is 11.1. The van der Waals surface area contributed by atoms with Crippen LogP contribution >= 0.6 is 0 Å². The van der Waals surface area contributed by atoms with E-state index in [1.165, 1.54) is 0 Å². The van der Waals surface area contributed by atoms with Gasteiger partial charge in [-0.2, -0.15) is 0 Å². The van der Waals surface area contributed by atoms with E-state index in [0.717, 1.165) is 38.5 Å². The second-order valence-electron chi connectivity index (χ2n) is 5.23. The molecule has 0 bridgehead atoms. The van der Waals surface area contributed by atoms with Crippen LogP contribution in [0.5, 0.6) is 0 Å². The van der Waals surface area contributed by atoms with E-state index in [1.807, 2.05) is 0 Å². The second kappa shape index (κ2) is 3.83. The molecule has 2 fully saturated rings. The van der Waals surface area contributed by atoms with Gasteiger partial charge in [-0.15, -0.1) is 0 Å². The predicted octanol–water partition coefficient (Wildman–Crippen LogP) is 2.00. The Bertz CT molecular complexity index is 288. The molecule has 0 aromatic rings. The molecule has 0 radical (unpaired) electrons. The summed E-state index contributed by atoms with van der Waals surface area (Å²) in [6.45, 7) is 1.36. The topological polar surface area (TPSA) is 38.7 Å². The van der Waals surface area contributed by atoms with Gasteiger partial charge in [0, 0.05) is 6.42 Å². The molecule has 0 amide bonds. The Morgan fingerprint density at radius 3 is 2.75 bits per heavy atom. The van der Waals surface area contributed by atoms with Crippen molar-refractivity contribution in [3.63, 3.8) is 0 Å². The highest BCUT2D eigenvalue weighted by Gasteiger charge is 2.61. The Labute approximate surface area is 96.4 Å². The van der Waals surface area contributed by atoms with E-state index in [9.17, 15) is 5.11 Å². The van der Waals surface area contributed by atoms with Crippen molar-refractivity contribution < 1.29 is 14.6 Å². The van der Waals surface area contributed by atoms with Crippen molar-refractivity contribution in [3.05, 3.63) is 12.2 Å².